The van der Waals surface area contributed by atoms with Crippen molar-refractivity contribution in [3.63, 3.8) is 0 Å². The predicted octanol–water partition coefficient (Wildman–Crippen LogP) is 3.21. The van der Waals surface area contributed by atoms with E-state index in [1.54, 1.807) is 0 Å². The van der Waals surface area contributed by atoms with Gasteiger partial charge in [0, 0.05) is 17.2 Å². The van der Waals surface area contributed by atoms with Crippen LogP contribution < -0.4 is 0 Å². The summed E-state index contributed by atoms with van der Waals surface area (Å²) in [5, 5.41) is 4.25. The monoisotopic (exact) mass is 290 g/mol. The minimum absolute atomic E-state index is 0.859. The van der Waals surface area contributed by atoms with Gasteiger partial charge < -0.3 is 4.98 Å². The number of nitrogens with one attached hydrogen (secondary N) is 1. The summed E-state index contributed by atoms with van der Waals surface area (Å²) in [5.74, 6) is 0.859. The molecule has 0 spiro atoms. The minimum Gasteiger partial charge on any atom is -0.338 e. The van der Waals surface area contributed by atoms with Gasteiger partial charge in [-0.3, -0.25) is 4.68 Å². The summed E-state index contributed by atoms with van der Waals surface area (Å²) in [6.45, 7) is 2.93. The first kappa shape index (κ1) is 10.5. The van der Waals surface area contributed by atoms with Crippen molar-refractivity contribution in [2.45, 2.75) is 13.5 Å². The van der Waals surface area contributed by atoms with Crippen LogP contribution in [-0.2, 0) is 6.54 Å². The number of aromatic amines is 1. The third kappa shape index (κ3) is 1.86. The van der Waals surface area contributed by atoms with Crippen LogP contribution in [-0.4, -0.2) is 19.7 Å². The van der Waals surface area contributed by atoms with Crippen molar-refractivity contribution in [1.29, 1.82) is 0 Å². The van der Waals surface area contributed by atoms with E-state index in [1.807, 2.05) is 35.3 Å². The summed E-state index contributed by atoms with van der Waals surface area (Å²) in [6, 6.07) is 6.00. The third-order valence-electron chi connectivity index (χ3n) is 2.67. The molecule has 17 heavy (non-hydrogen) atoms. The van der Waals surface area contributed by atoms with Crippen molar-refractivity contribution in [2.75, 3.05) is 0 Å². The number of H-pyrrole nitrogens is 1. The van der Waals surface area contributed by atoms with Crippen molar-refractivity contribution in [2.24, 2.45) is 0 Å². The van der Waals surface area contributed by atoms with Crippen LogP contribution in [0.5, 0.6) is 0 Å². The highest BCUT2D eigenvalue weighted by atomic mass is 79.9. The SMILES string of the molecule is CCn1cc(-c2nc3ccc(Br)cc3[nH]2)cn1. The highest BCUT2D eigenvalue weighted by molar-refractivity contribution is 9.10. The smallest absolute Gasteiger partial charge is 0.141 e. The molecule has 3 aromatic rings. The van der Waals surface area contributed by atoms with Gasteiger partial charge in [0.25, 0.3) is 0 Å². The van der Waals surface area contributed by atoms with E-state index in [-0.39, 0.29) is 0 Å². The van der Waals surface area contributed by atoms with Gasteiger partial charge in [0.15, 0.2) is 0 Å². The van der Waals surface area contributed by atoms with Gasteiger partial charge in [0.1, 0.15) is 5.82 Å². The van der Waals surface area contributed by atoms with Crippen molar-refractivity contribution >= 4 is 27.0 Å². The Morgan fingerprint density at radius 2 is 2.29 bits per heavy atom. The standard InChI is InChI=1S/C12H11BrN4/c1-2-17-7-8(6-14-17)12-15-10-4-3-9(13)5-11(10)16-12/h3-7H,2H2,1H3,(H,15,16). The number of fused-ring (bicyclic) bond motifs is 1. The third-order valence-corrected chi connectivity index (χ3v) is 3.17. The van der Waals surface area contributed by atoms with Gasteiger partial charge in [0.2, 0.25) is 0 Å². The molecule has 0 aliphatic heterocycles. The van der Waals surface area contributed by atoms with E-state index in [9.17, 15) is 0 Å². The number of halogens is 1. The number of hydrogen-bond donors (Lipinski definition) is 1. The van der Waals surface area contributed by atoms with Crippen LogP contribution in [0.15, 0.2) is 35.1 Å². The van der Waals surface area contributed by atoms with E-state index in [1.165, 1.54) is 0 Å². The Balaban J connectivity index is 2.11. The van der Waals surface area contributed by atoms with Crippen molar-refractivity contribution < 1.29 is 0 Å². The average molecular weight is 291 g/mol. The molecule has 86 valence electrons. The number of aryl methyl sites for hydroxylation is 1. The molecule has 0 fully saturated rings. The minimum atomic E-state index is 0.859. The molecule has 1 N–H and O–H groups in total. The fourth-order valence-electron chi connectivity index (χ4n) is 1.78. The van der Waals surface area contributed by atoms with E-state index >= 15 is 0 Å². The molecule has 3 rings (SSSR count). The Kier molecular flexibility index (Phi) is 2.48. The molecule has 5 heteroatoms. The molecular weight excluding hydrogens is 280 g/mol. The molecule has 0 amide bonds. The molecule has 0 aliphatic carbocycles. The molecule has 2 heterocycles. The molecule has 0 unspecified atom stereocenters. The fraction of sp³-hybridized carbons (Fsp3) is 0.167. The first-order valence-corrected chi connectivity index (χ1v) is 6.23. The molecule has 0 atom stereocenters. The lowest BCUT2D eigenvalue weighted by Crippen LogP contribution is -1.92. The number of imidazole rings is 1. The zero-order valence-corrected chi connectivity index (χ0v) is 10.9. The van der Waals surface area contributed by atoms with Gasteiger partial charge in [-0.1, -0.05) is 15.9 Å². The van der Waals surface area contributed by atoms with E-state index in [2.05, 4.69) is 37.9 Å². The fourth-order valence-corrected chi connectivity index (χ4v) is 2.14. The van der Waals surface area contributed by atoms with Crippen LogP contribution in [0.1, 0.15) is 6.92 Å². The summed E-state index contributed by atoms with van der Waals surface area (Å²) in [4.78, 5) is 7.84. The molecular formula is C12H11BrN4. The molecule has 4 nitrogen and oxygen atoms in total. The Labute approximate surface area is 107 Å². The Morgan fingerprint density at radius 3 is 3.06 bits per heavy atom. The average Bonchev–Trinajstić information content (AvgIpc) is 2.93. The normalized spacial score (nSPS) is 11.2. The topological polar surface area (TPSA) is 46.5 Å². The molecule has 1 aromatic carbocycles. The second kappa shape index (κ2) is 4.00. The molecule has 0 saturated heterocycles. The van der Waals surface area contributed by atoms with Gasteiger partial charge in [-0.05, 0) is 25.1 Å². The Morgan fingerprint density at radius 1 is 1.41 bits per heavy atom. The lowest BCUT2D eigenvalue weighted by atomic mass is 10.3. The van der Waals surface area contributed by atoms with Crippen molar-refractivity contribution in [3.8, 4) is 11.4 Å². The van der Waals surface area contributed by atoms with Crippen molar-refractivity contribution in [1.82, 2.24) is 19.7 Å². The van der Waals surface area contributed by atoms with Crippen LogP contribution >= 0.6 is 15.9 Å². The van der Waals surface area contributed by atoms with Gasteiger partial charge in [-0.25, -0.2) is 4.98 Å². The van der Waals surface area contributed by atoms with Crippen molar-refractivity contribution in [3.05, 3.63) is 35.1 Å². The summed E-state index contributed by atoms with van der Waals surface area (Å²) in [7, 11) is 0. The van der Waals surface area contributed by atoms with Crippen LogP contribution in [0.25, 0.3) is 22.4 Å². The highest BCUT2D eigenvalue weighted by Crippen LogP contribution is 2.22. The zero-order chi connectivity index (χ0) is 11.8. The van der Waals surface area contributed by atoms with E-state index < -0.39 is 0 Å². The number of hydrogen-bond acceptors (Lipinski definition) is 2. The second-order valence-electron chi connectivity index (χ2n) is 3.83. The van der Waals surface area contributed by atoms with Crippen LogP contribution in [0.4, 0.5) is 0 Å². The maximum atomic E-state index is 4.54. The van der Waals surface area contributed by atoms with Gasteiger partial charge in [-0.15, -0.1) is 0 Å². The van der Waals surface area contributed by atoms with E-state index in [4.69, 9.17) is 0 Å². The molecule has 2 aromatic heterocycles. The van der Waals surface area contributed by atoms with Crippen LogP contribution in [0, 0.1) is 0 Å². The summed E-state index contributed by atoms with van der Waals surface area (Å²) in [6.07, 6.45) is 3.82. The molecule has 0 radical (unpaired) electrons. The number of rotatable bonds is 2. The maximum absolute atomic E-state index is 4.54. The quantitative estimate of drug-likeness (QED) is 0.788. The second-order valence-corrected chi connectivity index (χ2v) is 4.75. The Hall–Kier alpha value is -1.62. The summed E-state index contributed by atoms with van der Waals surface area (Å²) >= 11 is 3.45. The molecule has 0 bridgehead atoms. The van der Waals surface area contributed by atoms with Crippen LogP contribution in [0.3, 0.4) is 0 Å². The van der Waals surface area contributed by atoms with E-state index in [0.717, 1.165) is 33.4 Å². The van der Waals surface area contributed by atoms with Gasteiger partial charge in [0.05, 0.1) is 22.8 Å². The Bertz CT molecular complexity index is 668. The van der Waals surface area contributed by atoms with Crippen LogP contribution in [0.2, 0.25) is 0 Å². The summed E-state index contributed by atoms with van der Waals surface area (Å²) < 4.78 is 2.93. The number of nitrogens with zero attached hydrogens (tertiary/aromatic N) is 3. The molecule has 0 saturated carbocycles. The first-order chi connectivity index (χ1) is 8.26. The largest absolute Gasteiger partial charge is 0.338 e. The number of aromatic nitrogens is 4. The summed E-state index contributed by atoms with van der Waals surface area (Å²) in [5.41, 5.74) is 3.00. The number of benzene rings is 1. The van der Waals surface area contributed by atoms with Gasteiger partial charge >= 0.3 is 0 Å². The lowest BCUT2D eigenvalue weighted by molar-refractivity contribution is 0.660. The lowest BCUT2D eigenvalue weighted by Gasteiger charge is -1.90. The molecule has 0 aliphatic rings. The van der Waals surface area contributed by atoms with E-state index in [0.29, 0.717) is 0 Å². The zero-order valence-electron chi connectivity index (χ0n) is 9.31. The maximum Gasteiger partial charge on any atom is 0.141 e. The first-order valence-electron chi connectivity index (χ1n) is 5.44. The highest BCUT2D eigenvalue weighted by Gasteiger charge is 2.07. The van der Waals surface area contributed by atoms with Gasteiger partial charge in [-0.2, -0.15) is 5.10 Å². The predicted molar refractivity (Wildman–Crippen MR) is 70.7 cm³/mol.